The molecule has 4 heteroatoms. The molecule has 1 aromatic heterocycles. The van der Waals surface area contributed by atoms with Gasteiger partial charge >= 0.3 is 0 Å². The largest absolute Gasteiger partial charge is 0.309 e. The van der Waals surface area contributed by atoms with Crippen molar-refractivity contribution in [3.8, 4) is 0 Å². The van der Waals surface area contributed by atoms with Crippen LogP contribution in [0, 0.1) is 0 Å². The lowest BCUT2D eigenvalue weighted by Crippen LogP contribution is -2.27. The predicted octanol–water partition coefficient (Wildman–Crippen LogP) is 2.51. The summed E-state index contributed by atoms with van der Waals surface area (Å²) in [6.45, 7) is 6.33. The number of nitrogens with zero attached hydrogens (tertiary/aromatic N) is 3. The van der Waals surface area contributed by atoms with E-state index >= 15 is 0 Å². The summed E-state index contributed by atoms with van der Waals surface area (Å²) in [6.07, 6.45) is 2.95. The molecule has 0 atom stereocenters. The van der Waals surface area contributed by atoms with Gasteiger partial charge in [-0.25, -0.2) is 0 Å². The Morgan fingerprint density at radius 3 is 2.65 bits per heavy atom. The molecule has 0 saturated heterocycles. The second-order valence-corrected chi connectivity index (χ2v) is 4.93. The van der Waals surface area contributed by atoms with Crippen LogP contribution >= 0.6 is 11.6 Å². The first-order valence-electron chi connectivity index (χ1n) is 6.09. The van der Waals surface area contributed by atoms with Gasteiger partial charge in [0.05, 0.1) is 5.69 Å². The molecule has 1 aromatic rings. The van der Waals surface area contributed by atoms with Gasteiger partial charge in [0.25, 0.3) is 0 Å². The van der Waals surface area contributed by atoms with Gasteiger partial charge in [-0.1, -0.05) is 18.5 Å². The number of rotatable bonds is 7. The third-order valence-corrected chi connectivity index (χ3v) is 2.93. The highest BCUT2D eigenvalue weighted by Gasteiger charge is 2.05. The number of halogens is 1. The summed E-state index contributed by atoms with van der Waals surface area (Å²) >= 11 is 5.95. The van der Waals surface area contributed by atoms with Crippen molar-refractivity contribution in [1.29, 1.82) is 0 Å². The molecule has 0 saturated carbocycles. The zero-order valence-electron chi connectivity index (χ0n) is 11.0. The Kier molecular flexibility index (Phi) is 6.48. The van der Waals surface area contributed by atoms with Gasteiger partial charge in [-0.3, -0.25) is 9.88 Å². The lowest BCUT2D eigenvalue weighted by molar-refractivity contribution is 0.256. The molecule has 0 aliphatic heterocycles. The van der Waals surface area contributed by atoms with E-state index in [0.29, 0.717) is 0 Å². The van der Waals surface area contributed by atoms with Crippen molar-refractivity contribution in [2.75, 3.05) is 33.7 Å². The van der Waals surface area contributed by atoms with Crippen molar-refractivity contribution in [2.24, 2.45) is 0 Å². The van der Waals surface area contributed by atoms with Crippen molar-refractivity contribution in [1.82, 2.24) is 14.8 Å². The van der Waals surface area contributed by atoms with Crippen LogP contribution in [0.5, 0.6) is 0 Å². The van der Waals surface area contributed by atoms with Gasteiger partial charge in [0.15, 0.2) is 0 Å². The maximum Gasteiger partial charge on any atom is 0.0558 e. The predicted molar refractivity (Wildman–Crippen MR) is 73.4 cm³/mol. The summed E-state index contributed by atoms with van der Waals surface area (Å²) in [5.41, 5.74) is 1.05. The van der Waals surface area contributed by atoms with Crippen molar-refractivity contribution < 1.29 is 0 Å². The molecule has 0 aromatic carbocycles. The third-order valence-electron chi connectivity index (χ3n) is 2.69. The van der Waals surface area contributed by atoms with Crippen molar-refractivity contribution in [3.63, 3.8) is 0 Å². The van der Waals surface area contributed by atoms with Gasteiger partial charge in [-0.2, -0.15) is 0 Å². The SMILES string of the molecule is CCN(CCCN(C)C)Cc1cc(Cl)ccn1. The highest BCUT2D eigenvalue weighted by molar-refractivity contribution is 6.30. The number of aromatic nitrogens is 1. The molecular weight excluding hydrogens is 234 g/mol. The van der Waals surface area contributed by atoms with E-state index in [0.717, 1.165) is 36.9 Å². The molecule has 96 valence electrons. The fourth-order valence-electron chi connectivity index (χ4n) is 1.72. The van der Waals surface area contributed by atoms with Crippen LogP contribution in [0.1, 0.15) is 19.0 Å². The summed E-state index contributed by atoms with van der Waals surface area (Å²) in [5, 5.41) is 0.763. The Morgan fingerprint density at radius 2 is 2.06 bits per heavy atom. The summed E-state index contributed by atoms with van der Waals surface area (Å²) in [4.78, 5) is 8.94. The van der Waals surface area contributed by atoms with E-state index in [1.165, 1.54) is 6.42 Å². The molecule has 0 fully saturated rings. The summed E-state index contributed by atoms with van der Waals surface area (Å²) < 4.78 is 0. The van der Waals surface area contributed by atoms with Crippen LogP contribution in [0.4, 0.5) is 0 Å². The maximum absolute atomic E-state index is 5.95. The van der Waals surface area contributed by atoms with Crippen LogP contribution in [-0.4, -0.2) is 48.5 Å². The molecule has 0 unspecified atom stereocenters. The van der Waals surface area contributed by atoms with Gasteiger partial charge in [0, 0.05) is 17.8 Å². The van der Waals surface area contributed by atoms with Gasteiger partial charge in [-0.05, 0) is 52.3 Å². The molecule has 0 spiro atoms. The van der Waals surface area contributed by atoms with Gasteiger partial charge in [-0.15, -0.1) is 0 Å². The summed E-state index contributed by atoms with van der Waals surface area (Å²) in [7, 11) is 4.21. The number of pyridine rings is 1. The second kappa shape index (κ2) is 7.64. The van der Waals surface area contributed by atoms with Gasteiger partial charge in [0.2, 0.25) is 0 Å². The summed E-state index contributed by atoms with van der Waals surface area (Å²) in [6, 6.07) is 3.75. The van der Waals surface area contributed by atoms with Crippen LogP contribution in [0.25, 0.3) is 0 Å². The molecule has 0 aliphatic rings. The third kappa shape index (κ3) is 6.01. The molecular formula is C13H22ClN3. The van der Waals surface area contributed by atoms with Crippen LogP contribution in [0.2, 0.25) is 5.02 Å². The van der Waals surface area contributed by atoms with E-state index in [4.69, 9.17) is 11.6 Å². The standard InChI is InChI=1S/C13H22ClN3/c1-4-17(9-5-8-16(2)3)11-13-10-12(14)6-7-15-13/h6-7,10H,4-5,8-9,11H2,1-3H3. The first kappa shape index (κ1) is 14.4. The average Bonchev–Trinajstić information content (AvgIpc) is 2.27. The first-order chi connectivity index (χ1) is 8.11. The minimum absolute atomic E-state index is 0.763. The lowest BCUT2D eigenvalue weighted by Gasteiger charge is -2.21. The highest BCUT2D eigenvalue weighted by Crippen LogP contribution is 2.10. The van der Waals surface area contributed by atoms with E-state index in [-0.39, 0.29) is 0 Å². The Morgan fingerprint density at radius 1 is 1.29 bits per heavy atom. The van der Waals surface area contributed by atoms with E-state index in [9.17, 15) is 0 Å². The molecule has 0 bridgehead atoms. The fraction of sp³-hybridized carbons (Fsp3) is 0.615. The van der Waals surface area contributed by atoms with Crippen LogP contribution in [-0.2, 0) is 6.54 Å². The van der Waals surface area contributed by atoms with E-state index in [1.54, 1.807) is 6.20 Å². The minimum atomic E-state index is 0.763. The zero-order chi connectivity index (χ0) is 12.7. The Bertz CT molecular complexity index is 328. The van der Waals surface area contributed by atoms with Crippen molar-refractivity contribution in [3.05, 3.63) is 29.0 Å². The molecule has 0 amide bonds. The molecule has 0 N–H and O–H groups in total. The van der Waals surface area contributed by atoms with E-state index in [2.05, 4.69) is 35.8 Å². The van der Waals surface area contributed by atoms with Crippen LogP contribution < -0.4 is 0 Å². The Hall–Kier alpha value is -0.640. The maximum atomic E-state index is 5.95. The fourth-order valence-corrected chi connectivity index (χ4v) is 1.91. The summed E-state index contributed by atoms with van der Waals surface area (Å²) in [5.74, 6) is 0. The normalized spacial score (nSPS) is 11.4. The van der Waals surface area contributed by atoms with E-state index < -0.39 is 0 Å². The molecule has 1 rings (SSSR count). The van der Waals surface area contributed by atoms with E-state index in [1.807, 2.05) is 12.1 Å². The van der Waals surface area contributed by atoms with Crippen LogP contribution in [0.15, 0.2) is 18.3 Å². The number of hydrogen-bond donors (Lipinski definition) is 0. The minimum Gasteiger partial charge on any atom is -0.309 e. The molecule has 0 aliphatic carbocycles. The molecule has 3 nitrogen and oxygen atoms in total. The number of hydrogen-bond acceptors (Lipinski definition) is 3. The Balaban J connectivity index is 2.41. The Labute approximate surface area is 109 Å². The monoisotopic (exact) mass is 255 g/mol. The lowest BCUT2D eigenvalue weighted by atomic mass is 10.3. The van der Waals surface area contributed by atoms with Crippen molar-refractivity contribution in [2.45, 2.75) is 19.9 Å². The first-order valence-corrected chi connectivity index (χ1v) is 6.47. The van der Waals surface area contributed by atoms with Crippen molar-refractivity contribution >= 4 is 11.6 Å². The molecule has 1 heterocycles. The zero-order valence-corrected chi connectivity index (χ0v) is 11.7. The topological polar surface area (TPSA) is 19.4 Å². The molecule has 0 radical (unpaired) electrons. The van der Waals surface area contributed by atoms with Gasteiger partial charge in [0.1, 0.15) is 0 Å². The highest BCUT2D eigenvalue weighted by atomic mass is 35.5. The molecule has 17 heavy (non-hydrogen) atoms. The average molecular weight is 256 g/mol. The van der Waals surface area contributed by atoms with Gasteiger partial charge < -0.3 is 4.90 Å². The van der Waals surface area contributed by atoms with Crippen LogP contribution in [0.3, 0.4) is 0 Å². The second-order valence-electron chi connectivity index (χ2n) is 4.49. The smallest absolute Gasteiger partial charge is 0.0558 e. The quantitative estimate of drug-likeness (QED) is 0.746.